The summed E-state index contributed by atoms with van der Waals surface area (Å²) in [6.45, 7) is 1.25. The summed E-state index contributed by atoms with van der Waals surface area (Å²) < 4.78 is 22.8. The van der Waals surface area contributed by atoms with Gasteiger partial charge in [-0.2, -0.15) is 0 Å². The molecule has 0 radical (unpaired) electrons. The number of rotatable bonds is 6. The molecule has 1 rings (SSSR count). The molecular weight excluding hydrogens is 270 g/mol. The third-order valence-electron chi connectivity index (χ3n) is 2.68. The molecule has 19 heavy (non-hydrogen) atoms. The van der Waals surface area contributed by atoms with E-state index >= 15 is 0 Å². The summed E-state index contributed by atoms with van der Waals surface area (Å²) >= 11 is 0. The van der Waals surface area contributed by atoms with E-state index in [1.807, 2.05) is 0 Å². The topological polar surface area (TPSA) is 92.6 Å². The zero-order chi connectivity index (χ0) is 14.6. The van der Waals surface area contributed by atoms with E-state index in [2.05, 4.69) is 5.32 Å². The van der Waals surface area contributed by atoms with E-state index < -0.39 is 14.8 Å². The Morgan fingerprint density at radius 3 is 2.53 bits per heavy atom. The van der Waals surface area contributed by atoms with Crippen LogP contribution in [0.4, 0.5) is 11.4 Å². The van der Waals surface area contributed by atoms with Crippen molar-refractivity contribution in [3.05, 3.63) is 28.3 Å². The maximum absolute atomic E-state index is 11.4. The van der Waals surface area contributed by atoms with Crippen LogP contribution in [0.5, 0.6) is 0 Å². The highest BCUT2D eigenvalue weighted by Gasteiger charge is 2.20. The normalized spacial score (nSPS) is 11.3. The maximum atomic E-state index is 11.4. The summed E-state index contributed by atoms with van der Waals surface area (Å²) in [7, 11) is 0.0552. The zero-order valence-electron chi connectivity index (χ0n) is 11.1. The predicted octanol–water partition coefficient (Wildman–Crippen LogP) is 0.654. The van der Waals surface area contributed by atoms with Crippen molar-refractivity contribution in [1.82, 2.24) is 5.32 Å². The second-order valence-electron chi connectivity index (χ2n) is 4.20. The van der Waals surface area contributed by atoms with Gasteiger partial charge in [-0.15, -0.1) is 0 Å². The number of benzene rings is 1. The fraction of sp³-hybridized carbons (Fsp3) is 0.455. The molecule has 0 aliphatic carbocycles. The summed E-state index contributed by atoms with van der Waals surface area (Å²) in [4.78, 5) is 12.1. The van der Waals surface area contributed by atoms with Crippen molar-refractivity contribution in [2.75, 3.05) is 38.3 Å². The van der Waals surface area contributed by atoms with Crippen molar-refractivity contribution in [2.24, 2.45) is 0 Å². The van der Waals surface area contributed by atoms with Gasteiger partial charge < -0.3 is 10.2 Å². The smallest absolute Gasteiger partial charge is 0.293 e. The molecule has 1 aromatic rings. The Balaban J connectivity index is 3.23. The van der Waals surface area contributed by atoms with Crippen molar-refractivity contribution >= 4 is 21.2 Å². The number of nitro groups is 1. The first-order valence-corrected chi connectivity index (χ1v) is 7.50. The van der Waals surface area contributed by atoms with Gasteiger partial charge in [0.1, 0.15) is 5.69 Å². The van der Waals surface area contributed by atoms with Gasteiger partial charge in [-0.25, -0.2) is 8.42 Å². The van der Waals surface area contributed by atoms with Crippen molar-refractivity contribution < 1.29 is 13.3 Å². The number of hydrogen-bond donors (Lipinski definition) is 1. The lowest BCUT2D eigenvalue weighted by Crippen LogP contribution is -2.27. The summed E-state index contributed by atoms with van der Waals surface area (Å²) in [5.74, 6) is 0. The molecule has 0 saturated carbocycles. The van der Waals surface area contributed by atoms with E-state index in [0.29, 0.717) is 18.8 Å². The zero-order valence-corrected chi connectivity index (χ0v) is 11.9. The Kier molecular flexibility index (Phi) is 4.84. The minimum absolute atomic E-state index is 0.0510. The Hall–Kier alpha value is -1.67. The van der Waals surface area contributed by atoms with Gasteiger partial charge in [-0.3, -0.25) is 10.1 Å². The van der Waals surface area contributed by atoms with Crippen LogP contribution in [0.25, 0.3) is 0 Å². The average molecular weight is 287 g/mol. The lowest BCUT2D eigenvalue weighted by atomic mass is 10.2. The molecule has 0 aromatic heterocycles. The summed E-state index contributed by atoms with van der Waals surface area (Å²) in [6, 6.07) is 3.94. The number of sulfone groups is 1. The van der Waals surface area contributed by atoms with Crippen molar-refractivity contribution in [3.63, 3.8) is 0 Å². The van der Waals surface area contributed by atoms with E-state index in [0.717, 1.165) is 12.3 Å². The molecule has 0 aliphatic heterocycles. The van der Waals surface area contributed by atoms with Crippen LogP contribution < -0.4 is 10.2 Å². The average Bonchev–Trinajstić information content (AvgIpc) is 2.34. The highest BCUT2D eigenvalue weighted by atomic mass is 32.2. The van der Waals surface area contributed by atoms with Gasteiger partial charge >= 0.3 is 0 Å². The predicted molar refractivity (Wildman–Crippen MR) is 73.4 cm³/mol. The monoisotopic (exact) mass is 287 g/mol. The molecule has 0 spiro atoms. The van der Waals surface area contributed by atoms with Crippen LogP contribution in [0.2, 0.25) is 0 Å². The van der Waals surface area contributed by atoms with Crippen LogP contribution in [0, 0.1) is 10.1 Å². The Labute approximate surface area is 112 Å². The molecule has 1 aromatic carbocycles. The van der Waals surface area contributed by atoms with Crippen molar-refractivity contribution in [3.8, 4) is 0 Å². The number of anilines is 1. The van der Waals surface area contributed by atoms with Crippen LogP contribution in [-0.4, -0.2) is 46.8 Å². The lowest BCUT2D eigenvalue weighted by molar-refractivity contribution is -0.384. The fourth-order valence-corrected chi connectivity index (χ4v) is 2.24. The Bertz CT molecular complexity index is 571. The Morgan fingerprint density at radius 2 is 2.05 bits per heavy atom. The van der Waals surface area contributed by atoms with Gasteiger partial charge in [0.05, 0.1) is 9.82 Å². The van der Waals surface area contributed by atoms with Gasteiger partial charge in [0.2, 0.25) is 0 Å². The van der Waals surface area contributed by atoms with Gasteiger partial charge in [-0.05, 0) is 19.2 Å². The second kappa shape index (κ2) is 5.98. The fourth-order valence-electron chi connectivity index (χ4n) is 1.60. The maximum Gasteiger partial charge on any atom is 0.293 e. The SMILES string of the molecule is CNCCN(C)c1ccc(S(C)(=O)=O)cc1[N+](=O)[O-]. The Morgan fingerprint density at radius 1 is 1.42 bits per heavy atom. The molecule has 1 N–H and O–H groups in total. The number of nitrogens with one attached hydrogen (secondary N) is 1. The quantitative estimate of drug-likeness (QED) is 0.610. The summed E-state index contributed by atoms with van der Waals surface area (Å²) in [5.41, 5.74) is 0.189. The minimum Gasteiger partial charge on any atom is -0.368 e. The lowest BCUT2D eigenvalue weighted by Gasteiger charge is -2.19. The van der Waals surface area contributed by atoms with E-state index in [1.54, 1.807) is 19.0 Å². The summed E-state index contributed by atoms with van der Waals surface area (Å²) in [5, 5.41) is 14.0. The minimum atomic E-state index is -3.45. The highest BCUT2D eigenvalue weighted by Crippen LogP contribution is 2.29. The number of nitro benzene ring substituents is 1. The third kappa shape index (κ3) is 3.90. The largest absolute Gasteiger partial charge is 0.368 e. The first-order chi connectivity index (χ1) is 8.77. The van der Waals surface area contributed by atoms with Gasteiger partial charge in [0.25, 0.3) is 5.69 Å². The molecule has 106 valence electrons. The van der Waals surface area contributed by atoms with E-state index in [1.165, 1.54) is 12.1 Å². The molecule has 0 heterocycles. The standard InChI is InChI=1S/C11H17N3O4S/c1-12-6-7-13(2)10-5-4-9(19(3,17)18)8-11(10)14(15)16/h4-5,8,12H,6-7H2,1-3H3. The molecule has 0 fully saturated rings. The molecule has 7 nitrogen and oxygen atoms in total. The van der Waals surface area contributed by atoms with Gasteiger partial charge in [-0.1, -0.05) is 0 Å². The number of likely N-dealkylation sites (N-methyl/N-ethyl adjacent to an activating group) is 2. The highest BCUT2D eigenvalue weighted by molar-refractivity contribution is 7.90. The van der Waals surface area contributed by atoms with E-state index in [4.69, 9.17) is 0 Å². The van der Waals surface area contributed by atoms with Gasteiger partial charge in [0.15, 0.2) is 9.84 Å². The molecule has 0 amide bonds. The second-order valence-corrected chi connectivity index (χ2v) is 6.22. The van der Waals surface area contributed by atoms with Crippen LogP contribution in [0.3, 0.4) is 0 Å². The van der Waals surface area contributed by atoms with Crippen LogP contribution in [-0.2, 0) is 9.84 Å². The molecular formula is C11H17N3O4S. The molecule has 0 atom stereocenters. The first kappa shape index (κ1) is 15.4. The first-order valence-electron chi connectivity index (χ1n) is 5.61. The van der Waals surface area contributed by atoms with Crippen LogP contribution in [0.15, 0.2) is 23.1 Å². The molecule has 8 heteroatoms. The number of hydrogen-bond acceptors (Lipinski definition) is 6. The van der Waals surface area contributed by atoms with Crippen molar-refractivity contribution in [2.45, 2.75) is 4.90 Å². The van der Waals surface area contributed by atoms with Crippen molar-refractivity contribution in [1.29, 1.82) is 0 Å². The van der Waals surface area contributed by atoms with E-state index in [9.17, 15) is 18.5 Å². The van der Waals surface area contributed by atoms with Gasteiger partial charge in [0, 0.05) is 32.5 Å². The number of nitrogens with zero attached hydrogens (tertiary/aromatic N) is 2. The van der Waals surface area contributed by atoms with Crippen LogP contribution >= 0.6 is 0 Å². The molecule has 0 bridgehead atoms. The third-order valence-corrected chi connectivity index (χ3v) is 3.79. The van der Waals surface area contributed by atoms with E-state index in [-0.39, 0.29) is 10.6 Å². The molecule has 0 saturated heterocycles. The van der Waals surface area contributed by atoms with Crippen LogP contribution in [0.1, 0.15) is 0 Å². The molecule has 0 aliphatic rings. The summed E-state index contributed by atoms with van der Waals surface area (Å²) in [6.07, 6.45) is 1.02. The molecule has 0 unspecified atom stereocenters.